The summed E-state index contributed by atoms with van der Waals surface area (Å²) < 4.78 is 7.74. The highest BCUT2D eigenvalue weighted by atomic mass is 127. The minimum absolute atomic E-state index is 0.0200. The third-order valence-electron chi connectivity index (χ3n) is 2.78. The molecule has 1 aromatic heterocycles. The molecule has 8 heteroatoms. The van der Waals surface area contributed by atoms with E-state index >= 15 is 0 Å². The Bertz CT molecular complexity index is 577. The second-order valence-electron chi connectivity index (χ2n) is 4.21. The Balaban J connectivity index is 2.23. The molecule has 0 saturated heterocycles. The first-order valence-electron chi connectivity index (χ1n) is 6.09. The van der Waals surface area contributed by atoms with Gasteiger partial charge in [-0.25, -0.2) is 0 Å². The van der Waals surface area contributed by atoms with Crippen LogP contribution in [0.15, 0.2) is 18.2 Å². The normalized spacial score (nSPS) is 12.6. The van der Waals surface area contributed by atoms with Crippen LogP contribution < -0.4 is 5.32 Å². The number of hydrogen-bond acceptors (Lipinski definition) is 5. The standard InChI is InChI=1S/C12H15ClIN5O/c1-8(15-5-6-20-2)12-16-17-18-19(12)11-4-3-9(13)7-10(11)14/h3-4,7-8,15H,5-6H2,1-2H3. The molecule has 0 fully saturated rings. The zero-order chi connectivity index (χ0) is 14.5. The predicted octanol–water partition coefficient (Wildman–Crippen LogP) is 2.22. The summed E-state index contributed by atoms with van der Waals surface area (Å²) in [5.74, 6) is 0.751. The second-order valence-corrected chi connectivity index (χ2v) is 5.81. The van der Waals surface area contributed by atoms with Gasteiger partial charge in [-0.2, -0.15) is 4.68 Å². The molecule has 1 N–H and O–H groups in total. The van der Waals surface area contributed by atoms with Crippen molar-refractivity contribution in [3.05, 3.63) is 32.6 Å². The Morgan fingerprint density at radius 3 is 3.00 bits per heavy atom. The molecule has 1 heterocycles. The third kappa shape index (κ3) is 3.66. The summed E-state index contributed by atoms with van der Waals surface area (Å²) in [6.45, 7) is 3.40. The van der Waals surface area contributed by atoms with Gasteiger partial charge in [0.2, 0.25) is 0 Å². The number of tetrazole rings is 1. The first kappa shape index (κ1) is 15.6. The molecule has 2 aromatic rings. The van der Waals surface area contributed by atoms with Crippen LogP contribution in [0.2, 0.25) is 5.02 Å². The molecule has 0 aliphatic carbocycles. The molecule has 0 saturated carbocycles. The van der Waals surface area contributed by atoms with E-state index in [2.05, 4.69) is 43.4 Å². The number of halogens is 2. The quantitative estimate of drug-likeness (QED) is 0.588. The number of nitrogens with one attached hydrogen (secondary N) is 1. The largest absolute Gasteiger partial charge is 0.383 e. The summed E-state index contributed by atoms with van der Waals surface area (Å²) in [7, 11) is 1.67. The van der Waals surface area contributed by atoms with E-state index < -0.39 is 0 Å². The molecule has 0 radical (unpaired) electrons. The van der Waals surface area contributed by atoms with Gasteiger partial charge >= 0.3 is 0 Å². The van der Waals surface area contributed by atoms with Crippen LogP contribution in [0, 0.1) is 3.57 Å². The second kappa shape index (κ2) is 7.30. The summed E-state index contributed by atoms with van der Waals surface area (Å²) in [4.78, 5) is 0. The zero-order valence-corrected chi connectivity index (χ0v) is 14.1. The van der Waals surface area contributed by atoms with Crippen molar-refractivity contribution in [3.8, 4) is 5.69 Å². The predicted molar refractivity (Wildman–Crippen MR) is 85.2 cm³/mol. The maximum atomic E-state index is 5.97. The summed E-state index contributed by atoms with van der Waals surface area (Å²) in [6.07, 6.45) is 0. The first-order chi connectivity index (χ1) is 9.63. The van der Waals surface area contributed by atoms with Gasteiger partial charge in [-0.3, -0.25) is 0 Å². The van der Waals surface area contributed by atoms with Crippen molar-refractivity contribution in [2.45, 2.75) is 13.0 Å². The third-order valence-corrected chi connectivity index (χ3v) is 3.87. The van der Waals surface area contributed by atoms with Crippen LogP contribution in [0.4, 0.5) is 0 Å². The minimum Gasteiger partial charge on any atom is -0.383 e. The van der Waals surface area contributed by atoms with Gasteiger partial charge in [0.05, 0.1) is 18.3 Å². The Morgan fingerprint density at radius 1 is 1.50 bits per heavy atom. The van der Waals surface area contributed by atoms with Gasteiger partial charge in [0.15, 0.2) is 5.82 Å². The highest BCUT2D eigenvalue weighted by Crippen LogP contribution is 2.22. The Hall–Kier alpha value is -0.770. The number of ether oxygens (including phenoxy) is 1. The number of benzene rings is 1. The average Bonchev–Trinajstić information content (AvgIpc) is 2.88. The number of rotatable bonds is 6. The molecule has 108 valence electrons. The van der Waals surface area contributed by atoms with Crippen LogP contribution in [0.25, 0.3) is 5.69 Å². The van der Waals surface area contributed by atoms with Crippen molar-refractivity contribution in [1.29, 1.82) is 0 Å². The van der Waals surface area contributed by atoms with E-state index in [-0.39, 0.29) is 6.04 Å². The van der Waals surface area contributed by atoms with Gasteiger partial charge < -0.3 is 10.1 Å². The van der Waals surface area contributed by atoms with Gasteiger partial charge in [-0.15, -0.1) is 5.10 Å². The SMILES string of the molecule is COCCNC(C)c1nnnn1-c1ccc(Cl)cc1I. The molecule has 1 aromatic carbocycles. The van der Waals surface area contributed by atoms with Gasteiger partial charge in [0, 0.05) is 22.2 Å². The topological polar surface area (TPSA) is 64.9 Å². The van der Waals surface area contributed by atoms with Crippen LogP contribution in [0.1, 0.15) is 18.8 Å². The fourth-order valence-corrected chi connectivity index (χ4v) is 2.86. The van der Waals surface area contributed by atoms with Crippen LogP contribution >= 0.6 is 34.2 Å². The first-order valence-corrected chi connectivity index (χ1v) is 7.55. The van der Waals surface area contributed by atoms with Crippen molar-refractivity contribution in [2.75, 3.05) is 20.3 Å². The minimum atomic E-state index is 0.0200. The molecule has 0 spiro atoms. The molecule has 0 aliphatic heterocycles. The average molecular weight is 408 g/mol. The molecule has 2 rings (SSSR count). The number of methoxy groups -OCH3 is 1. The summed E-state index contributed by atoms with van der Waals surface area (Å²) in [5.41, 5.74) is 0.912. The maximum Gasteiger partial charge on any atom is 0.173 e. The molecule has 0 bridgehead atoms. The fourth-order valence-electron chi connectivity index (χ4n) is 1.76. The fraction of sp³-hybridized carbons (Fsp3) is 0.417. The number of aromatic nitrogens is 4. The number of nitrogens with zero attached hydrogens (tertiary/aromatic N) is 4. The van der Waals surface area contributed by atoms with E-state index in [1.54, 1.807) is 11.8 Å². The summed E-state index contributed by atoms with van der Waals surface area (Å²) in [6, 6.07) is 5.64. The van der Waals surface area contributed by atoms with E-state index in [1.807, 2.05) is 25.1 Å². The highest BCUT2D eigenvalue weighted by molar-refractivity contribution is 14.1. The zero-order valence-electron chi connectivity index (χ0n) is 11.2. The van der Waals surface area contributed by atoms with Crippen LogP contribution in [0.5, 0.6) is 0 Å². The molecule has 20 heavy (non-hydrogen) atoms. The lowest BCUT2D eigenvalue weighted by molar-refractivity contribution is 0.196. The van der Waals surface area contributed by atoms with Crippen molar-refractivity contribution in [1.82, 2.24) is 25.5 Å². The van der Waals surface area contributed by atoms with E-state index in [9.17, 15) is 0 Å². The lowest BCUT2D eigenvalue weighted by atomic mass is 10.3. The van der Waals surface area contributed by atoms with Crippen molar-refractivity contribution in [2.24, 2.45) is 0 Å². The van der Waals surface area contributed by atoms with E-state index in [1.165, 1.54) is 0 Å². The maximum absolute atomic E-state index is 5.97. The van der Waals surface area contributed by atoms with E-state index in [0.717, 1.165) is 21.6 Å². The monoisotopic (exact) mass is 407 g/mol. The number of hydrogen-bond donors (Lipinski definition) is 1. The molecule has 0 amide bonds. The van der Waals surface area contributed by atoms with E-state index in [4.69, 9.17) is 16.3 Å². The van der Waals surface area contributed by atoms with Crippen LogP contribution in [-0.2, 0) is 4.74 Å². The van der Waals surface area contributed by atoms with Gasteiger partial charge in [-0.1, -0.05) is 11.6 Å². The van der Waals surface area contributed by atoms with E-state index in [0.29, 0.717) is 11.6 Å². The highest BCUT2D eigenvalue weighted by Gasteiger charge is 2.16. The summed E-state index contributed by atoms with van der Waals surface area (Å²) in [5, 5.41) is 15.9. The lowest BCUT2D eigenvalue weighted by Crippen LogP contribution is -2.25. The van der Waals surface area contributed by atoms with Crippen molar-refractivity contribution >= 4 is 34.2 Å². The Morgan fingerprint density at radius 2 is 2.30 bits per heavy atom. The van der Waals surface area contributed by atoms with Crippen molar-refractivity contribution < 1.29 is 4.74 Å². The molecule has 1 unspecified atom stereocenters. The lowest BCUT2D eigenvalue weighted by Gasteiger charge is -2.14. The van der Waals surface area contributed by atoms with Gasteiger partial charge in [-0.05, 0) is 58.1 Å². The summed E-state index contributed by atoms with van der Waals surface area (Å²) >= 11 is 8.19. The molecular weight excluding hydrogens is 393 g/mol. The molecule has 1 atom stereocenters. The molecule has 6 nitrogen and oxygen atoms in total. The van der Waals surface area contributed by atoms with Crippen LogP contribution in [-0.4, -0.2) is 40.5 Å². The Labute approximate surface area is 136 Å². The van der Waals surface area contributed by atoms with Gasteiger partial charge in [0.25, 0.3) is 0 Å². The smallest absolute Gasteiger partial charge is 0.173 e. The van der Waals surface area contributed by atoms with Crippen LogP contribution in [0.3, 0.4) is 0 Å². The Kier molecular flexibility index (Phi) is 5.70. The van der Waals surface area contributed by atoms with Crippen molar-refractivity contribution in [3.63, 3.8) is 0 Å². The van der Waals surface area contributed by atoms with Gasteiger partial charge in [0.1, 0.15) is 0 Å². The molecular formula is C12H15ClIN5O. The molecule has 0 aliphatic rings.